The zero-order valence-corrected chi connectivity index (χ0v) is 21.4. The van der Waals surface area contributed by atoms with E-state index in [0.29, 0.717) is 36.4 Å². The second kappa shape index (κ2) is 11.3. The van der Waals surface area contributed by atoms with Crippen LogP contribution in [0.3, 0.4) is 0 Å². The van der Waals surface area contributed by atoms with Crippen LogP contribution in [0, 0.1) is 0 Å². The van der Waals surface area contributed by atoms with Gasteiger partial charge in [-0.3, -0.25) is 4.79 Å². The molecule has 0 N–H and O–H groups in total. The lowest BCUT2D eigenvalue weighted by atomic mass is 9.92. The topological polar surface area (TPSA) is 48.0 Å². The SMILES string of the molecule is CCOc1ccc(OCC2c3ccc(OC4CCCC4)cc3CCN2C(=O)c2cccc(Cl)c2)cc1. The fourth-order valence-electron chi connectivity index (χ4n) is 5.14. The van der Waals surface area contributed by atoms with Gasteiger partial charge in [0.1, 0.15) is 23.9 Å². The molecule has 0 bridgehead atoms. The van der Waals surface area contributed by atoms with E-state index in [2.05, 4.69) is 12.1 Å². The standard InChI is InChI=1S/C30H32ClNO4/c1-2-34-24-10-12-25(13-11-24)35-20-29-28-15-14-27(36-26-8-3-4-9-26)19-21(28)16-17-32(29)30(33)22-6-5-7-23(31)18-22/h5-7,10-15,18-19,26,29H,2-4,8-9,16-17,20H2,1H3. The summed E-state index contributed by atoms with van der Waals surface area (Å²) in [6, 6.07) is 20.8. The van der Waals surface area contributed by atoms with Gasteiger partial charge in [0.2, 0.25) is 0 Å². The number of rotatable bonds is 8. The molecule has 5 rings (SSSR count). The lowest BCUT2D eigenvalue weighted by Crippen LogP contribution is -2.42. The summed E-state index contributed by atoms with van der Waals surface area (Å²) in [4.78, 5) is 15.5. The third-order valence-electron chi connectivity index (χ3n) is 6.95. The van der Waals surface area contributed by atoms with Gasteiger partial charge in [0.05, 0.1) is 18.8 Å². The number of hydrogen-bond acceptors (Lipinski definition) is 4. The summed E-state index contributed by atoms with van der Waals surface area (Å²) >= 11 is 6.19. The third kappa shape index (κ3) is 5.62. The van der Waals surface area contributed by atoms with Crippen LogP contribution in [0.25, 0.3) is 0 Å². The first-order valence-electron chi connectivity index (χ1n) is 12.8. The molecular formula is C30H32ClNO4. The maximum atomic E-state index is 13.6. The van der Waals surface area contributed by atoms with Crippen molar-refractivity contribution in [2.45, 2.75) is 51.2 Å². The molecule has 0 aromatic heterocycles. The van der Waals surface area contributed by atoms with Crippen molar-refractivity contribution >= 4 is 17.5 Å². The summed E-state index contributed by atoms with van der Waals surface area (Å²) in [5.41, 5.74) is 2.89. The van der Waals surface area contributed by atoms with Gasteiger partial charge in [0.25, 0.3) is 5.91 Å². The molecule has 1 heterocycles. The summed E-state index contributed by atoms with van der Waals surface area (Å²) in [5, 5.41) is 0.550. The van der Waals surface area contributed by atoms with E-state index in [0.717, 1.165) is 42.1 Å². The fourth-order valence-corrected chi connectivity index (χ4v) is 5.33. The zero-order chi connectivity index (χ0) is 24.9. The summed E-state index contributed by atoms with van der Waals surface area (Å²) in [6.45, 7) is 3.52. The summed E-state index contributed by atoms with van der Waals surface area (Å²) in [6.07, 6.45) is 5.80. The van der Waals surface area contributed by atoms with E-state index in [-0.39, 0.29) is 11.9 Å². The fraction of sp³-hybridized carbons (Fsp3) is 0.367. The minimum atomic E-state index is -0.229. The average molecular weight is 506 g/mol. The molecular weight excluding hydrogens is 474 g/mol. The highest BCUT2D eigenvalue weighted by molar-refractivity contribution is 6.30. The molecule has 1 saturated carbocycles. The molecule has 1 atom stereocenters. The Morgan fingerprint density at radius 1 is 0.944 bits per heavy atom. The van der Waals surface area contributed by atoms with E-state index >= 15 is 0 Å². The number of halogens is 1. The van der Waals surface area contributed by atoms with Crippen LogP contribution in [0.15, 0.2) is 66.7 Å². The van der Waals surface area contributed by atoms with Crippen LogP contribution in [-0.4, -0.2) is 36.7 Å². The maximum Gasteiger partial charge on any atom is 0.254 e. The first kappa shape index (κ1) is 24.5. The van der Waals surface area contributed by atoms with Gasteiger partial charge in [-0.05, 0) is 105 Å². The Hall–Kier alpha value is -3.18. The first-order chi connectivity index (χ1) is 17.6. The van der Waals surface area contributed by atoms with E-state index in [4.69, 9.17) is 25.8 Å². The Labute approximate surface area is 217 Å². The van der Waals surface area contributed by atoms with E-state index in [1.165, 1.54) is 18.4 Å². The Morgan fingerprint density at radius 3 is 2.39 bits per heavy atom. The van der Waals surface area contributed by atoms with Crippen molar-refractivity contribution in [2.24, 2.45) is 0 Å². The van der Waals surface area contributed by atoms with E-state index in [1.54, 1.807) is 12.1 Å². The number of fused-ring (bicyclic) bond motifs is 1. The average Bonchev–Trinajstić information content (AvgIpc) is 3.41. The highest BCUT2D eigenvalue weighted by Gasteiger charge is 2.32. The number of amides is 1. The zero-order valence-electron chi connectivity index (χ0n) is 20.6. The molecule has 3 aromatic carbocycles. The number of benzene rings is 3. The summed E-state index contributed by atoms with van der Waals surface area (Å²) in [7, 11) is 0. The minimum Gasteiger partial charge on any atom is -0.494 e. The van der Waals surface area contributed by atoms with Gasteiger partial charge in [-0.2, -0.15) is 0 Å². The quantitative estimate of drug-likeness (QED) is 0.335. The number of carbonyl (C=O) groups excluding carboxylic acids is 1. The van der Waals surface area contributed by atoms with Gasteiger partial charge < -0.3 is 19.1 Å². The van der Waals surface area contributed by atoms with Crippen molar-refractivity contribution in [3.05, 3.63) is 88.4 Å². The van der Waals surface area contributed by atoms with Crippen molar-refractivity contribution in [1.82, 2.24) is 4.90 Å². The van der Waals surface area contributed by atoms with Crippen LogP contribution in [0.4, 0.5) is 0 Å². The van der Waals surface area contributed by atoms with Crippen LogP contribution in [0.5, 0.6) is 17.2 Å². The molecule has 3 aromatic rings. The second-order valence-corrected chi connectivity index (χ2v) is 9.81. The Kier molecular flexibility index (Phi) is 7.66. The monoisotopic (exact) mass is 505 g/mol. The van der Waals surface area contributed by atoms with Gasteiger partial charge in [0.15, 0.2) is 0 Å². The number of hydrogen-bond donors (Lipinski definition) is 0. The molecule has 0 radical (unpaired) electrons. The molecule has 36 heavy (non-hydrogen) atoms. The normalized spacial score (nSPS) is 17.5. The molecule has 1 fully saturated rings. The van der Waals surface area contributed by atoms with Crippen molar-refractivity contribution in [1.29, 1.82) is 0 Å². The van der Waals surface area contributed by atoms with Crippen LogP contribution in [0.2, 0.25) is 5.02 Å². The van der Waals surface area contributed by atoms with Crippen LogP contribution in [0.1, 0.15) is 60.1 Å². The molecule has 0 spiro atoms. The smallest absolute Gasteiger partial charge is 0.254 e. The van der Waals surface area contributed by atoms with Crippen molar-refractivity contribution in [3.63, 3.8) is 0 Å². The number of ether oxygens (including phenoxy) is 3. The predicted octanol–water partition coefficient (Wildman–Crippen LogP) is 6.88. The van der Waals surface area contributed by atoms with Crippen molar-refractivity contribution in [3.8, 4) is 17.2 Å². The van der Waals surface area contributed by atoms with Crippen LogP contribution in [-0.2, 0) is 6.42 Å². The van der Waals surface area contributed by atoms with Gasteiger partial charge in [-0.25, -0.2) is 0 Å². The predicted molar refractivity (Wildman–Crippen MR) is 141 cm³/mol. The molecule has 1 aliphatic heterocycles. The second-order valence-electron chi connectivity index (χ2n) is 9.38. The third-order valence-corrected chi connectivity index (χ3v) is 7.19. The van der Waals surface area contributed by atoms with E-state index < -0.39 is 0 Å². The lowest BCUT2D eigenvalue weighted by molar-refractivity contribution is 0.0589. The molecule has 0 saturated heterocycles. The van der Waals surface area contributed by atoms with Crippen LogP contribution >= 0.6 is 11.6 Å². The molecule has 2 aliphatic rings. The van der Waals surface area contributed by atoms with E-state index in [1.807, 2.05) is 54.3 Å². The Balaban J connectivity index is 1.39. The largest absolute Gasteiger partial charge is 0.494 e. The minimum absolute atomic E-state index is 0.0466. The van der Waals surface area contributed by atoms with Gasteiger partial charge in [0, 0.05) is 17.1 Å². The summed E-state index contributed by atoms with van der Waals surface area (Å²) in [5.74, 6) is 2.42. The van der Waals surface area contributed by atoms with Crippen molar-refractivity contribution < 1.29 is 19.0 Å². The molecule has 188 valence electrons. The van der Waals surface area contributed by atoms with Gasteiger partial charge >= 0.3 is 0 Å². The Bertz CT molecular complexity index is 1190. The van der Waals surface area contributed by atoms with Crippen molar-refractivity contribution in [2.75, 3.05) is 19.8 Å². The molecule has 1 aliphatic carbocycles. The highest BCUT2D eigenvalue weighted by atomic mass is 35.5. The molecule has 5 nitrogen and oxygen atoms in total. The first-order valence-corrected chi connectivity index (χ1v) is 13.2. The maximum absolute atomic E-state index is 13.6. The number of nitrogens with zero attached hydrogens (tertiary/aromatic N) is 1. The highest BCUT2D eigenvalue weighted by Crippen LogP contribution is 2.35. The van der Waals surface area contributed by atoms with Gasteiger partial charge in [-0.1, -0.05) is 23.7 Å². The van der Waals surface area contributed by atoms with E-state index in [9.17, 15) is 4.79 Å². The lowest BCUT2D eigenvalue weighted by Gasteiger charge is -2.37. The van der Waals surface area contributed by atoms with Gasteiger partial charge in [-0.15, -0.1) is 0 Å². The molecule has 1 amide bonds. The summed E-state index contributed by atoms with van der Waals surface area (Å²) < 4.78 is 18.0. The molecule has 6 heteroatoms. The molecule has 1 unspecified atom stereocenters. The van der Waals surface area contributed by atoms with Crippen LogP contribution < -0.4 is 14.2 Å². The Morgan fingerprint density at radius 2 is 1.67 bits per heavy atom. The number of carbonyl (C=O) groups is 1.